The first-order chi connectivity index (χ1) is 7.72. The fraction of sp³-hybridized carbons (Fsp3) is 0.750. The van der Waals surface area contributed by atoms with Gasteiger partial charge in [-0.3, -0.25) is 4.90 Å². The Labute approximate surface area is 101 Å². The number of anilines is 1. The van der Waals surface area contributed by atoms with Gasteiger partial charge in [-0.25, -0.2) is 4.98 Å². The molecular formula is C12H19N3S. The maximum Gasteiger partial charge on any atom is 0.183 e. The minimum atomic E-state index is 0.648. The maximum absolute atomic E-state index is 4.71. The van der Waals surface area contributed by atoms with Gasteiger partial charge in [0.1, 0.15) is 0 Å². The van der Waals surface area contributed by atoms with Crippen LogP contribution in [-0.4, -0.2) is 28.5 Å². The van der Waals surface area contributed by atoms with Crippen LogP contribution in [0, 0.1) is 0 Å². The first-order valence-electron chi connectivity index (χ1n) is 6.21. The summed E-state index contributed by atoms with van der Waals surface area (Å²) >= 11 is 1.86. The van der Waals surface area contributed by atoms with E-state index in [0.29, 0.717) is 12.1 Å². The number of thiazole rings is 1. The van der Waals surface area contributed by atoms with Crippen LogP contribution in [0.3, 0.4) is 0 Å². The van der Waals surface area contributed by atoms with Crippen molar-refractivity contribution in [2.45, 2.75) is 51.7 Å². The lowest BCUT2D eigenvalue weighted by Gasteiger charge is -2.29. The second kappa shape index (κ2) is 4.00. The van der Waals surface area contributed by atoms with Crippen LogP contribution in [0.2, 0.25) is 0 Å². The molecule has 1 aromatic rings. The van der Waals surface area contributed by atoms with Gasteiger partial charge in [0.05, 0.1) is 5.69 Å². The van der Waals surface area contributed by atoms with Crippen molar-refractivity contribution >= 4 is 16.5 Å². The summed E-state index contributed by atoms with van der Waals surface area (Å²) in [4.78, 5) is 8.71. The Kier molecular flexibility index (Phi) is 2.64. The summed E-state index contributed by atoms with van der Waals surface area (Å²) in [6, 6.07) is 1.36. The molecule has 1 aliphatic carbocycles. The lowest BCUT2D eigenvalue weighted by atomic mass is 10.1. The molecule has 4 heteroatoms. The van der Waals surface area contributed by atoms with E-state index in [1.807, 2.05) is 11.3 Å². The van der Waals surface area contributed by atoms with Crippen LogP contribution in [0.4, 0.5) is 5.13 Å². The summed E-state index contributed by atoms with van der Waals surface area (Å²) in [5.41, 5.74) is 1.34. The SMILES string of the molecule is CC(C)N1CCc2nc(NC3CC3)sc2C1. The van der Waals surface area contributed by atoms with Crippen molar-refractivity contribution < 1.29 is 0 Å². The summed E-state index contributed by atoms with van der Waals surface area (Å²) in [6.07, 6.45) is 3.76. The maximum atomic E-state index is 4.71. The topological polar surface area (TPSA) is 28.2 Å². The average Bonchev–Trinajstić information content (AvgIpc) is 2.96. The number of fused-ring (bicyclic) bond motifs is 1. The minimum absolute atomic E-state index is 0.648. The molecule has 0 saturated heterocycles. The van der Waals surface area contributed by atoms with Crippen molar-refractivity contribution in [3.05, 3.63) is 10.6 Å². The molecule has 3 nitrogen and oxygen atoms in total. The molecule has 1 fully saturated rings. The van der Waals surface area contributed by atoms with E-state index < -0.39 is 0 Å². The quantitative estimate of drug-likeness (QED) is 0.875. The number of hydrogen-bond donors (Lipinski definition) is 1. The third-order valence-electron chi connectivity index (χ3n) is 3.40. The lowest BCUT2D eigenvalue weighted by Crippen LogP contribution is -2.35. The van der Waals surface area contributed by atoms with Crippen LogP contribution >= 0.6 is 11.3 Å². The molecule has 0 amide bonds. The Morgan fingerprint density at radius 2 is 2.25 bits per heavy atom. The van der Waals surface area contributed by atoms with Crippen molar-refractivity contribution in [2.75, 3.05) is 11.9 Å². The zero-order valence-electron chi connectivity index (χ0n) is 9.99. The fourth-order valence-electron chi connectivity index (χ4n) is 2.12. The van der Waals surface area contributed by atoms with Crippen LogP contribution in [0.25, 0.3) is 0 Å². The van der Waals surface area contributed by atoms with Crippen molar-refractivity contribution in [2.24, 2.45) is 0 Å². The smallest absolute Gasteiger partial charge is 0.183 e. The molecule has 0 radical (unpaired) electrons. The highest BCUT2D eigenvalue weighted by atomic mass is 32.1. The number of nitrogens with one attached hydrogen (secondary N) is 1. The molecule has 1 N–H and O–H groups in total. The monoisotopic (exact) mass is 237 g/mol. The predicted octanol–water partition coefficient (Wildman–Crippen LogP) is 2.48. The standard InChI is InChI=1S/C12H19N3S/c1-8(2)15-6-5-10-11(7-15)16-12(14-10)13-9-3-4-9/h8-9H,3-7H2,1-2H3,(H,13,14). The Balaban J connectivity index is 1.74. The first-order valence-corrected chi connectivity index (χ1v) is 7.03. The highest BCUT2D eigenvalue weighted by Gasteiger charge is 2.25. The normalized spacial score (nSPS) is 21.2. The molecular weight excluding hydrogens is 218 g/mol. The molecule has 3 rings (SSSR count). The summed E-state index contributed by atoms with van der Waals surface area (Å²) in [7, 11) is 0. The van der Waals surface area contributed by atoms with E-state index in [-0.39, 0.29) is 0 Å². The number of hydrogen-bond acceptors (Lipinski definition) is 4. The average molecular weight is 237 g/mol. The van der Waals surface area contributed by atoms with E-state index in [9.17, 15) is 0 Å². The molecule has 1 saturated carbocycles. The van der Waals surface area contributed by atoms with Gasteiger partial charge in [0, 0.05) is 36.5 Å². The van der Waals surface area contributed by atoms with Gasteiger partial charge in [-0.05, 0) is 26.7 Å². The van der Waals surface area contributed by atoms with E-state index in [0.717, 1.165) is 24.6 Å². The second-order valence-corrected chi connectivity index (χ2v) is 6.21. The molecule has 1 aliphatic heterocycles. The van der Waals surface area contributed by atoms with Gasteiger partial charge in [-0.15, -0.1) is 11.3 Å². The van der Waals surface area contributed by atoms with Gasteiger partial charge in [0.2, 0.25) is 0 Å². The van der Waals surface area contributed by atoms with Gasteiger partial charge in [0.15, 0.2) is 5.13 Å². The van der Waals surface area contributed by atoms with E-state index in [1.165, 1.54) is 23.4 Å². The third-order valence-corrected chi connectivity index (χ3v) is 4.41. The Morgan fingerprint density at radius 1 is 1.44 bits per heavy atom. The minimum Gasteiger partial charge on any atom is -0.359 e. The zero-order chi connectivity index (χ0) is 11.1. The molecule has 1 aromatic heterocycles. The van der Waals surface area contributed by atoms with Crippen LogP contribution in [0.15, 0.2) is 0 Å². The van der Waals surface area contributed by atoms with Crippen molar-refractivity contribution in [1.82, 2.24) is 9.88 Å². The molecule has 0 spiro atoms. The van der Waals surface area contributed by atoms with Gasteiger partial charge >= 0.3 is 0 Å². The highest BCUT2D eigenvalue weighted by molar-refractivity contribution is 7.15. The van der Waals surface area contributed by atoms with Gasteiger partial charge in [-0.1, -0.05) is 0 Å². The molecule has 88 valence electrons. The molecule has 16 heavy (non-hydrogen) atoms. The summed E-state index contributed by atoms with van der Waals surface area (Å²) in [5, 5.41) is 4.66. The van der Waals surface area contributed by atoms with Crippen LogP contribution in [0.1, 0.15) is 37.3 Å². The number of aromatic nitrogens is 1. The number of nitrogens with zero attached hydrogens (tertiary/aromatic N) is 2. The van der Waals surface area contributed by atoms with E-state index in [1.54, 1.807) is 0 Å². The highest BCUT2D eigenvalue weighted by Crippen LogP contribution is 2.32. The second-order valence-electron chi connectivity index (χ2n) is 5.12. The van der Waals surface area contributed by atoms with Crippen molar-refractivity contribution in [3.63, 3.8) is 0 Å². The van der Waals surface area contributed by atoms with Crippen LogP contribution < -0.4 is 5.32 Å². The lowest BCUT2D eigenvalue weighted by molar-refractivity contribution is 0.205. The molecule has 0 atom stereocenters. The summed E-state index contributed by atoms with van der Waals surface area (Å²) < 4.78 is 0. The van der Waals surface area contributed by atoms with Crippen LogP contribution in [0.5, 0.6) is 0 Å². The van der Waals surface area contributed by atoms with E-state index in [2.05, 4.69) is 24.1 Å². The predicted molar refractivity (Wildman–Crippen MR) is 68.0 cm³/mol. The summed E-state index contributed by atoms with van der Waals surface area (Å²) in [5.74, 6) is 0. The molecule has 0 aromatic carbocycles. The van der Waals surface area contributed by atoms with Crippen LogP contribution in [-0.2, 0) is 13.0 Å². The Bertz CT molecular complexity index is 382. The molecule has 2 aliphatic rings. The van der Waals surface area contributed by atoms with Crippen molar-refractivity contribution in [3.8, 4) is 0 Å². The third kappa shape index (κ3) is 2.09. The van der Waals surface area contributed by atoms with E-state index in [4.69, 9.17) is 4.98 Å². The Morgan fingerprint density at radius 3 is 2.94 bits per heavy atom. The van der Waals surface area contributed by atoms with Gasteiger partial charge < -0.3 is 5.32 Å². The van der Waals surface area contributed by atoms with Crippen molar-refractivity contribution in [1.29, 1.82) is 0 Å². The first kappa shape index (κ1) is 10.5. The van der Waals surface area contributed by atoms with E-state index >= 15 is 0 Å². The van der Waals surface area contributed by atoms with Gasteiger partial charge in [0.25, 0.3) is 0 Å². The molecule has 0 unspecified atom stereocenters. The largest absolute Gasteiger partial charge is 0.359 e. The molecule has 2 heterocycles. The summed E-state index contributed by atoms with van der Waals surface area (Å²) in [6.45, 7) is 6.80. The van der Waals surface area contributed by atoms with Gasteiger partial charge in [-0.2, -0.15) is 0 Å². The molecule has 0 bridgehead atoms. The fourth-order valence-corrected chi connectivity index (χ4v) is 3.23. The number of rotatable bonds is 3. The zero-order valence-corrected chi connectivity index (χ0v) is 10.8. The Hall–Kier alpha value is -0.610.